The number of piperidine rings is 2. The molecule has 0 spiro atoms. The minimum absolute atomic E-state index is 0.0330. The minimum atomic E-state index is -0.615. The molecule has 6 heterocycles. The summed E-state index contributed by atoms with van der Waals surface area (Å²) in [5.74, 6) is 1.24. The number of hydrogen-bond donors (Lipinski definition) is 2. The summed E-state index contributed by atoms with van der Waals surface area (Å²) in [6, 6.07) is 12.8. The molecule has 14 nitrogen and oxygen atoms in total. The average Bonchev–Trinajstić information content (AvgIpc) is 3.52. The number of ether oxygens (including phenoxy) is 1. The molecule has 4 aromatic rings. The first kappa shape index (κ1) is 37.7. The van der Waals surface area contributed by atoms with Crippen molar-refractivity contribution < 1.29 is 19.1 Å². The highest BCUT2D eigenvalue weighted by Crippen LogP contribution is 2.36. The molecule has 0 radical (unpaired) electrons. The third-order valence-corrected chi connectivity index (χ3v) is 11.8. The lowest BCUT2D eigenvalue weighted by Gasteiger charge is -2.39. The Hall–Kier alpha value is -5.21. The van der Waals surface area contributed by atoms with Gasteiger partial charge >= 0.3 is 0 Å². The van der Waals surface area contributed by atoms with Gasteiger partial charge in [-0.3, -0.25) is 29.4 Å². The van der Waals surface area contributed by atoms with Crippen LogP contribution in [0.3, 0.4) is 0 Å². The molecule has 1 unspecified atom stereocenters. The number of carbonyl (C=O) groups is 3. The van der Waals surface area contributed by atoms with E-state index in [-0.39, 0.29) is 35.7 Å². The summed E-state index contributed by atoms with van der Waals surface area (Å²) in [5, 5.41) is 7.06. The fourth-order valence-electron chi connectivity index (χ4n) is 8.62. The highest BCUT2D eigenvalue weighted by Gasteiger charge is 2.40. The second-order valence-electron chi connectivity index (χ2n) is 15.4. The quantitative estimate of drug-likeness (QED) is 0.211. The maximum atomic E-state index is 13.4. The van der Waals surface area contributed by atoms with E-state index in [0.717, 1.165) is 86.5 Å². The number of halogens is 1. The molecular formula is C41H48ClN9O5. The van der Waals surface area contributed by atoms with E-state index in [0.29, 0.717) is 53.6 Å². The number of rotatable bonds is 10. The maximum absolute atomic E-state index is 13.4. The Morgan fingerprint density at radius 2 is 1.75 bits per heavy atom. The highest BCUT2D eigenvalue weighted by molar-refractivity contribution is 6.33. The van der Waals surface area contributed by atoms with E-state index in [1.807, 2.05) is 51.1 Å². The lowest BCUT2D eigenvalue weighted by molar-refractivity contribution is -0.136. The van der Waals surface area contributed by atoms with Gasteiger partial charge in [-0.05, 0) is 82.3 Å². The monoisotopic (exact) mass is 781 g/mol. The van der Waals surface area contributed by atoms with Crippen molar-refractivity contribution in [1.82, 2.24) is 29.7 Å². The van der Waals surface area contributed by atoms with Crippen molar-refractivity contribution in [2.45, 2.75) is 65.1 Å². The number of nitrogens with zero attached hydrogens (tertiary/aromatic N) is 7. The minimum Gasteiger partial charge on any atom is -0.488 e. The van der Waals surface area contributed by atoms with Crippen LogP contribution in [0.5, 0.6) is 5.75 Å². The molecule has 8 rings (SSSR count). The molecule has 3 saturated heterocycles. The number of aromatic nitrogens is 3. The smallest absolute Gasteiger partial charge is 0.293 e. The molecule has 4 aliphatic heterocycles. The predicted octanol–water partition coefficient (Wildman–Crippen LogP) is 4.97. The largest absolute Gasteiger partial charge is 0.488 e. The number of anilines is 4. The Labute approximate surface area is 330 Å². The van der Waals surface area contributed by atoms with Crippen LogP contribution in [-0.2, 0) is 16.1 Å². The van der Waals surface area contributed by atoms with Gasteiger partial charge in [0.1, 0.15) is 11.1 Å². The summed E-state index contributed by atoms with van der Waals surface area (Å²) in [6.07, 6.45) is 4.36. The van der Waals surface area contributed by atoms with E-state index in [1.54, 1.807) is 21.7 Å². The van der Waals surface area contributed by atoms with Gasteiger partial charge < -0.3 is 29.3 Å². The topological polar surface area (TPSA) is 145 Å². The Kier molecular flexibility index (Phi) is 10.6. The zero-order chi connectivity index (χ0) is 39.1. The zero-order valence-corrected chi connectivity index (χ0v) is 32.8. The van der Waals surface area contributed by atoms with Gasteiger partial charge in [-0.15, -0.1) is 0 Å². The molecule has 2 aromatic carbocycles. The lowest BCUT2D eigenvalue weighted by atomic mass is 9.94. The van der Waals surface area contributed by atoms with Gasteiger partial charge in [0.05, 0.1) is 18.3 Å². The Morgan fingerprint density at radius 3 is 2.48 bits per heavy atom. The van der Waals surface area contributed by atoms with E-state index in [1.165, 1.54) is 0 Å². The molecule has 4 aliphatic rings. The van der Waals surface area contributed by atoms with Gasteiger partial charge in [0.25, 0.3) is 11.5 Å². The van der Waals surface area contributed by atoms with E-state index in [4.69, 9.17) is 21.3 Å². The number of carbonyl (C=O) groups excluding carboxylic acids is 3. The van der Waals surface area contributed by atoms with Crippen LogP contribution in [0.15, 0.2) is 53.5 Å². The zero-order valence-electron chi connectivity index (χ0n) is 32.1. The molecule has 0 bridgehead atoms. The Balaban J connectivity index is 0.859. The summed E-state index contributed by atoms with van der Waals surface area (Å²) in [7, 11) is 0. The van der Waals surface area contributed by atoms with Crippen molar-refractivity contribution in [2.75, 3.05) is 67.5 Å². The fraction of sp³-hybridized carbons (Fsp3) is 0.463. The average molecular weight is 782 g/mol. The van der Waals surface area contributed by atoms with Crippen LogP contribution >= 0.6 is 11.6 Å². The molecule has 3 amide bonds. The molecule has 2 N–H and O–H groups in total. The van der Waals surface area contributed by atoms with Gasteiger partial charge in [-0.2, -0.15) is 4.98 Å². The summed E-state index contributed by atoms with van der Waals surface area (Å²) >= 11 is 6.60. The molecule has 3 fully saturated rings. The van der Waals surface area contributed by atoms with E-state index >= 15 is 0 Å². The van der Waals surface area contributed by atoms with Gasteiger partial charge in [0.15, 0.2) is 11.6 Å². The summed E-state index contributed by atoms with van der Waals surface area (Å²) in [6.45, 7) is 12.9. The number of fused-ring (bicyclic) bond motifs is 2. The van der Waals surface area contributed by atoms with Gasteiger partial charge in [0.2, 0.25) is 17.8 Å². The number of benzene rings is 2. The molecule has 0 saturated carbocycles. The number of piperazine rings is 1. The van der Waals surface area contributed by atoms with Crippen LogP contribution in [0, 0.1) is 5.92 Å². The number of imide groups is 1. The number of pyridine rings is 1. The standard InChI is InChI=1S/C41H48ClN9O5/c1-4-56-35-21-27-20-28(8-9-32(27)51(25(2)3)40(35)55)44-37-31(42)22-43-41(46-37)49-18-16-47(17-19-49)23-26-12-14-48(15-13-26)33-7-5-6-29-30(33)24-50(39(29)54)34-10-11-36(52)45-38(34)53/h5-9,20-22,25-26,34H,4,10-19,23-24H2,1-3H3,(H,43,44,46)(H,45,52,53). The maximum Gasteiger partial charge on any atom is 0.293 e. The first-order valence-corrected chi connectivity index (χ1v) is 20.1. The third kappa shape index (κ3) is 7.39. The van der Waals surface area contributed by atoms with Gasteiger partial charge in [-0.1, -0.05) is 17.7 Å². The van der Waals surface area contributed by atoms with Crippen LogP contribution < -0.4 is 30.7 Å². The number of hydrogen-bond acceptors (Lipinski definition) is 11. The van der Waals surface area contributed by atoms with E-state index in [2.05, 4.69) is 36.4 Å². The molecule has 0 aliphatic carbocycles. The van der Waals surface area contributed by atoms with Crippen LogP contribution in [0.4, 0.5) is 23.1 Å². The first-order chi connectivity index (χ1) is 27.1. The van der Waals surface area contributed by atoms with Crippen molar-refractivity contribution in [3.05, 3.63) is 75.2 Å². The predicted molar refractivity (Wildman–Crippen MR) is 216 cm³/mol. The second-order valence-corrected chi connectivity index (χ2v) is 15.8. The molecule has 294 valence electrons. The SMILES string of the molecule is CCOc1cc2cc(Nc3nc(N4CCN(CC5CCN(c6cccc7c6CN(C6CCC(=O)NC6=O)C7=O)CC5)CC4)ncc3Cl)ccc2n(C(C)C)c1=O. The van der Waals surface area contributed by atoms with Crippen LogP contribution in [0.1, 0.15) is 68.4 Å². The molecule has 56 heavy (non-hydrogen) atoms. The van der Waals surface area contributed by atoms with Crippen molar-refractivity contribution in [3.63, 3.8) is 0 Å². The molecule has 1 atom stereocenters. The fourth-order valence-corrected chi connectivity index (χ4v) is 8.76. The van der Waals surface area contributed by atoms with Crippen LogP contribution in [0.25, 0.3) is 10.9 Å². The van der Waals surface area contributed by atoms with Crippen LogP contribution in [-0.4, -0.2) is 101 Å². The molecule has 2 aromatic heterocycles. The molecular weight excluding hydrogens is 734 g/mol. The Morgan fingerprint density at radius 1 is 0.964 bits per heavy atom. The first-order valence-electron chi connectivity index (χ1n) is 19.7. The lowest BCUT2D eigenvalue weighted by Crippen LogP contribution is -2.52. The van der Waals surface area contributed by atoms with Crippen molar-refractivity contribution in [1.29, 1.82) is 0 Å². The summed E-state index contributed by atoms with van der Waals surface area (Å²) in [5.41, 5.74) is 4.18. The van der Waals surface area contributed by atoms with E-state index in [9.17, 15) is 19.2 Å². The van der Waals surface area contributed by atoms with Crippen molar-refractivity contribution in [3.8, 4) is 5.75 Å². The Bertz CT molecular complexity index is 2230. The van der Waals surface area contributed by atoms with E-state index < -0.39 is 6.04 Å². The summed E-state index contributed by atoms with van der Waals surface area (Å²) in [4.78, 5) is 68.8. The number of nitrogens with one attached hydrogen (secondary N) is 2. The normalized spacial score (nSPS) is 19.6. The third-order valence-electron chi connectivity index (χ3n) is 11.5. The van der Waals surface area contributed by atoms with Gasteiger partial charge in [-0.25, -0.2) is 4.98 Å². The van der Waals surface area contributed by atoms with Crippen molar-refractivity contribution >= 4 is 63.4 Å². The van der Waals surface area contributed by atoms with Crippen molar-refractivity contribution in [2.24, 2.45) is 5.92 Å². The van der Waals surface area contributed by atoms with Gasteiger partial charge in [0, 0.05) is 92.7 Å². The molecule has 15 heteroatoms. The van der Waals surface area contributed by atoms with Crippen LogP contribution in [0.2, 0.25) is 5.02 Å². The number of amides is 3. The highest BCUT2D eigenvalue weighted by atomic mass is 35.5. The second kappa shape index (κ2) is 15.7. The summed E-state index contributed by atoms with van der Waals surface area (Å²) < 4.78 is 7.43.